The van der Waals surface area contributed by atoms with Crippen LogP contribution in [0.3, 0.4) is 0 Å². The molecular weight excluding hydrogens is 236 g/mol. The largest absolute Gasteiger partial charge is 0.480 e. The van der Waals surface area contributed by atoms with E-state index in [1.165, 1.54) is 0 Å². The molecule has 0 saturated heterocycles. The summed E-state index contributed by atoms with van der Waals surface area (Å²) in [5.74, 6) is -1.59. The number of nitrogens with two attached hydrogens (primary N) is 1. The highest BCUT2D eigenvalue weighted by Crippen LogP contribution is 2.10. The lowest BCUT2D eigenvalue weighted by molar-refractivity contribution is -0.143. The van der Waals surface area contributed by atoms with E-state index in [2.05, 4.69) is 5.32 Å². The Morgan fingerprint density at radius 3 is 2.39 bits per heavy atom. The van der Waals surface area contributed by atoms with Crippen LogP contribution in [0.5, 0.6) is 0 Å². The van der Waals surface area contributed by atoms with E-state index < -0.39 is 12.0 Å². The number of hydrogen-bond donors (Lipinski definition) is 3. The van der Waals surface area contributed by atoms with E-state index in [0.29, 0.717) is 19.4 Å². The normalized spacial score (nSPS) is 14.3. The van der Waals surface area contributed by atoms with E-state index >= 15 is 0 Å². The molecule has 0 aromatic carbocycles. The van der Waals surface area contributed by atoms with Crippen molar-refractivity contribution in [2.24, 2.45) is 17.6 Å². The molecule has 0 heterocycles. The van der Waals surface area contributed by atoms with Crippen molar-refractivity contribution >= 4 is 11.9 Å². The van der Waals surface area contributed by atoms with Crippen LogP contribution < -0.4 is 11.1 Å². The highest BCUT2D eigenvalue weighted by Gasteiger charge is 2.25. The highest BCUT2D eigenvalue weighted by atomic mass is 16.5. The zero-order valence-electron chi connectivity index (χ0n) is 11.3. The van der Waals surface area contributed by atoms with Crippen molar-refractivity contribution in [1.82, 2.24) is 5.32 Å². The fourth-order valence-corrected chi connectivity index (χ4v) is 1.65. The second kappa shape index (κ2) is 8.88. The fourth-order valence-electron chi connectivity index (χ4n) is 1.65. The zero-order chi connectivity index (χ0) is 14.1. The summed E-state index contributed by atoms with van der Waals surface area (Å²) in [5.41, 5.74) is 5.52. The maximum absolute atomic E-state index is 11.9. The first-order chi connectivity index (χ1) is 8.43. The summed E-state index contributed by atoms with van der Waals surface area (Å²) >= 11 is 0. The number of carboxylic acids is 1. The Balaban J connectivity index is 4.39. The van der Waals surface area contributed by atoms with Crippen LogP contribution in [0.4, 0.5) is 0 Å². The lowest BCUT2D eigenvalue weighted by atomic mass is 9.94. The van der Waals surface area contributed by atoms with Gasteiger partial charge in [0.1, 0.15) is 6.04 Å². The topological polar surface area (TPSA) is 102 Å². The van der Waals surface area contributed by atoms with Crippen LogP contribution in [-0.2, 0) is 14.3 Å². The van der Waals surface area contributed by atoms with Crippen molar-refractivity contribution in [2.75, 3.05) is 20.3 Å². The lowest BCUT2D eigenvalue weighted by Gasteiger charge is -2.21. The van der Waals surface area contributed by atoms with Gasteiger partial charge in [-0.25, -0.2) is 4.79 Å². The first-order valence-electron chi connectivity index (χ1n) is 6.16. The van der Waals surface area contributed by atoms with Gasteiger partial charge in [0.05, 0.1) is 5.92 Å². The van der Waals surface area contributed by atoms with Crippen molar-refractivity contribution in [3.63, 3.8) is 0 Å². The van der Waals surface area contributed by atoms with Crippen LogP contribution in [-0.4, -0.2) is 43.3 Å². The van der Waals surface area contributed by atoms with Crippen LogP contribution in [0, 0.1) is 11.8 Å². The molecule has 6 heteroatoms. The molecule has 6 nitrogen and oxygen atoms in total. The second-order valence-electron chi connectivity index (χ2n) is 4.62. The van der Waals surface area contributed by atoms with Gasteiger partial charge in [-0.3, -0.25) is 4.79 Å². The fraction of sp³-hybridized carbons (Fsp3) is 0.833. The third kappa shape index (κ3) is 5.97. The summed E-state index contributed by atoms with van der Waals surface area (Å²) in [6, 6.07) is -0.875. The number of carboxylic acid groups (broad SMARTS) is 1. The molecule has 18 heavy (non-hydrogen) atoms. The van der Waals surface area contributed by atoms with E-state index in [-0.39, 0.29) is 24.3 Å². The van der Waals surface area contributed by atoms with E-state index in [0.717, 1.165) is 0 Å². The molecule has 0 rings (SSSR count). The molecule has 0 radical (unpaired) electrons. The van der Waals surface area contributed by atoms with Crippen LogP contribution in [0.2, 0.25) is 0 Å². The summed E-state index contributed by atoms with van der Waals surface area (Å²) in [7, 11) is 1.55. The molecule has 0 spiro atoms. The van der Waals surface area contributed by atoms with Gasteiger partial charge >= 0.3 is 5.97 Å². The number of rotatable bonds is 9. The minimum absolute atomic E-state index is 0.0865. The summed E-state index contributed by atoms with van der Waals surface area (Å²) in [4.78, 5) is 22.9. The van der Waals surface area contributed by atoms with Crippen molar-refractivity contribution in [3.8, 4) is 0 Å². The predicted molar refractivity (Wildman–Crippen MR) is 68.1 cm³/mol. The number of carbonyl (C=O) groups excluding carboxylic acids is 1. The average molecular weight is 260 g/mol. The molecular formula is C12H24N2O4. The van der Waals surface area contributed by atoms with Crippen LogP contribution in [0.25, 0.3) is 0 Å². The Morgan fingerprint density at radius 1 is 1.39 bits per heavy atom. The quantitative estimate of drug-likeness (QED) is 0.514. The molecule has 0 aliphatic carbocycles. The van der Waals surface area contributed by atoms with Gasteiger partial charge in [0.15, 0.2) is 0 Å². The zero-order valence-corrected chi connectivity index (χ0v) is 11.3. The molecule has 106 valence electrons. The van der Waals surface area contributed by atoms with Gasteiger partial charge in [-0.05, 0) is 18.8 Å². The number of aliphatic carboxylic acids is 1. The molecule has 0 aliphatic heterocycles. The number of carbonyl (C=O) groups is 2. The van der Waals surface area contributed by atoms with Gasteiger partial charge in [-0.1, -0.05) is 13.8 Å². The van der Waals surface area contributed by atoms with E-state index in [1.54, 1.807) is 7.11 Å². The maximum atomic E-state index is 11.9. The number of methoxy groups -OCH3 is 1. The number of nitrogens with one attached hydrogen (secondary N) is 1. The second-order valence-corrected chi connectivity index (χ2v) is 4.62. The van der Waals surface area contributed by atoms with Gasteiger partial charge in [-0.15, -0.1) is 0 Å². The molecule has 2 atom stereocenters. The minimum Gasteiger partial charge on any atom is -0.480 e. The number of hydrogen-bond acceptors (Lipinski definition) is 4. The third-order valence-electron chi connectivity index (χ3n) is 2.85. The van der Waals surface area contributed by atoms with Crippen molar-refractivity contribution in [3.05, 3.63) is 0 Å². The summed E-state index contributed by atoms with van der Waals surface area (Å²) in [5, 5.41) is 11.6. The summed E-state index contributed by atoms with van der Waals surface area (Å²) in [6.07, 6.45) is 0.938. The SMILES string of the molecule is COCCCC(NC(=O)C(CN)C(C)C)C(=O)O. The van der Waals surface area contributed by atoms with Gasteiger partial charge < -0.3 is 20.9 Å². The molecule has 0 fully saturated rings. The molecule has 2 unspecified atom stereocenters. The van der Waals surface area contributed by atoms with Crippen molar-refractivity contribution < 1.29 is 19.4 Å². The standard InChI is InChI=1S/C12H24N2O4/c1-8(2)9(7-13)11(15)14-10(12(16)17)5-4-6-18-3/h8-10H,4-7,13H2,1-3H3,(H,14,15)(H,16,17). The highest BCUT2D eigenvalue weighted by molar-refractivity contribution is 5.85. The predicted octanol–water partition coefficient (Wildman–Crippen LogP) is 0.213. The smallest absolute Gasteiger partial charge is 0.326 e. The van der Waals surface area contributed by atoms with Crippen molar-refractivity contribution in [2.45, 2.75) is 32.7 Å². The summed E-state index contributed by atoms with van der Waals surface area (Å²) in [6.45, 7) is 4.47. The van der Waals surface area contributed by atoms with Crippen LogP contribution >= 0.6 is 0 Å². The monoisotopic (exact) mass is 260 g/mol. The van der Waals surface area contributed by atoms with Gasteiger partial charge in [-0.2, -0.15) is 0 Å². The number of ether oxygens (including phenoxy) is 1. The molecule has 0 saturated carbocycles. The molecule has 0 aliphatic rings. The molecule has 1 amide bonds. The Labute approximate surface area is 108 Å². The van der Waals surface area contributed by atoms with E-state index in [4.69, 9.17) is 15.6 Å². The molecule has 0 aromatic rings. The molecule has 0 bridgehead atoms. The van der Waals surface area contributed by atoms with Crippen LogP contribution in [0.15, 0.2) is 0 Å². The summed E-state index contributed by atoms with van der Waals surface area (Å²) < 4.78 is 4.86. The Bertz CT molecular complexity index is 269. The first kappa shape index (κ1) is 16.9. The Morgan fingerprint density at radius 2 is 2.00 bits per heavy atom. The molecule has 0 aromatic heterocycles. The number of amides is 1. The van der Waals surface area contributed by atoms with Crippen molar-refractivity contribution in [1.29, 1.82) is 0 Å². The van der Waals surface area contributed by atoms with Crippen LogP contribution in [0.1, 0.15) is 26.7 Å². The first-order valence-corrected chi connectivity index (χ1v) is 6.16. The average Bonchev–Trinajstić information content (AvgIpc) is 2.28. The van der Waals surface area contributed by atoms with Gasteiger partial charge in [0.25, 0.3) is 0 Å². The van der Waals surface area contributed by atoms with E-state index in [1.807, 2.05) is 13.8 Å². The van der Waals surface area contributed by atoms with Gasteiger partial charge in [0, 0.05) is 20.3 Å². The van der Waals surface area contributed by atoms with E-state index in [9.17, 15) is 9.59 Å². The third-order valence-corrected chi connectivity index (χ3v) is 2.85. The molecule has 4 N–H and O–H groups in total. The Hall–Kier alpha value is -1.14. The van der Waals surface area contributed by atoms with Gasteiger partial charge in [0.2, 0.25) is 5.91 Å². The lowest BCUT2D eigenvalue weighted by Crippen LogP contribution is -2.46. The maximum Gasteiger partial charge on any atom is 0.326 e. The minimum atomic E-state index is -1.03. The Kier molecular flexibility index (Phi) is 8.32.